The van der Waals surface area contributed by atoms with Gasteiger partial charge >= 0.3 is 5.97 Å². The van der Waals surface area contributed by atoms with Crippen molar-refractivity contribution in [1.29, 1.82) is 0 Å². The van der Waals surface area contributed by atoms with E-state index in [0.717, 1.165) is 38.6 Å². The lowest BCUT2D eigenvalue weighted by Crippen LogP contribution is -2.58. The number of piperidine rings is 1. The van der Waals surface area contributed by atoms with Gasteiger partial charge in [-0.2, -0.15) is 0 Å². The predicted octanol–water partition coefficient (Wildman–Crippen LogP) is 3.39. The van der Waals surface area contributed by atoms with Crippen molar-refractivity contribution in [2.24, 2.45) is 5.41 Å². The summed E-state index contributed by atoms with van der Waals surface area (Å²) < 4.78 is 5.17. The van der Waals surface area contributed by atoms with Crippen molar-refractivity contribution in [1.82, 2.24) is 0 Å². The molecule has 3 rings (SSSR count). The van der Waals surface area contributed by atoms with Crippen LogP contribution in [0.15, 0.2) is 30.3 Å². The largest absolute Gasteiger partial charge is 0.469 e. The normalized spacial score (nSPS) is 29.6. The van der Waals surface area contributed by atoms with Crippen LogP contribution in [0.2, 0.25) is 0 Å². The van der Waals surface area contributed by atoms with Gasteiger partial charge in [0.05, 0.1) is 12.5 Å². The maximum Gasteiger partial charge on any atom is 0.313 e. The van der Waals surface area contributed by atoms with Crippen molar-refractivity contribution in [3.63, 3.8) is 0 Å². The maximum atomic E-state index is 12.5. The molecule has 0 bridgehead atoms. The average Bonchev–Trinajstić information content (AvgIpc) is 2.54. The minimum atomic E-state index is -0.277. The van der Waals surface area contributed by atoms with Gasteiger partial charge in [-0.15, -0.1) is 0 Å². The van der Waals surface area contributed by atoms with Crippen molar-refractivity contribution >= 4 is 11.7 Å². The molecule has 20 heavy (non-hydrogen) atoms. The molecule has 1 aliphatic heterocycles. The smallest absolute Gasteiger partial charge is 0.313 e. The number of nitrogens with zero attached hydrogens (tertiary/aromatic N) is 1. The van der Waals surface area contributed by atoms with E-state index in [1.165, 1.54) is 19.2 Å². The first-order valence-corrected chi connectivity index (χ1v) is 7.68. The third kappa shape index (κ3) is 2.09. The molecule has 0 unspecified atom stereocenters. The number of anilines is 1. The van der Waals surface area contributed by atoms with Gasteiger partial charge in [-0.1, -0.05) is 31.0 Å². The molecule has 0 radical (unpaired) electrons. The van der Waals surface area contributed by atoms with Crippen molar-refractivity contribution in [2.45, 2.75) is 44.6 Å². The van der Waals surface area contributed by atoms with Crippen LogP contribution in [0.25, 0.3) is 0 Å². The highest BCUT2D eigenvalue weighted by Crippen LogP contribution is 2.47. The molecule has 3 heteroatoms. The van der Waals surface area contributed by atoms with Gasteiger partial charge < -0.3 is 9.64 Å². The van der Waals surface area contributed by atoms with Crippen LogP contribution in [0.5, 0.6) is 0 Å². The van der Waals surface area contributed by atoms with E-state index < -0.39 is 0 Å². The monoisotopic (exact) mass is 273 g/mol. The van der Waals surface area contributed by atoms with Crippen LogP contribution in [0.1, 0.15) is 38.5 Å². The number of benzene rings is 1. The number of methoxy groups -OCH3 is 1. The van der Waals surface area contributed by atoms with Crippen molar-refractivity contribution in [3.05, 3.63) is 30.3 Å². The van der Waals surface area contributed by atoms with Gasteiger partial charge in [0.25, 0.3) is 0 Å². The molecule has 1 saturated heterocycles. The highest BCUT2D eigenvalue weighted by atomic mass is 16.5. The standard InChI is InChI=1S/C17H23NO2/c1-20-16(19)17-11-6-5-10-15(17)18(13-7-12-17)14-8-3-2-4-9-14/h2-4,8-9,15H,5-7,10-13H2,1H3/t15-,17-/m0/s1. The number of esters is 1. The number of carbonyl (C=O) groups excluding carboxylic acids is 1. The Morgan fingerprint density at radius 1 is 1.20 bits per heavy atom. The van der Waals surface area contributed by atoms with E-state index in [4.69, 9.17) is 4.74 Å². The van der Waals surface area contributed by atoms with Gasteiger partial charge in [0.2, 0.25) is 0 Å². The fourth-order valence-electron chi connectivity index (χ4n) is 4.16. The Morgan fingerprint density at radius 2 is 1.95 bits per heavy atom. The van der Waals surface area contributed by atoms with E-state index in [1.807, 2.05) is 6.07 Å². The van der Waals surface area contributed by atoms with E-state index in [0.29, 0.717) is 6.04 Å². The third-order valence-corrected chi connectivity index (χ3v) is 5.07. The summed E-state index contributed by atoms with van der Waals surface area (Å²) in [5, 5.41) is 0. The first-order valence-electron chi connectivity index (χ1n) is 7.68. The second-order valence-corrected chi connectivity index (χ2v) is 6.04. The fourth-order valence-corrected chi connectivity index (χ4v) is 4.16. The fraction of sp³-hybridized carbons (Fsp3) is 0.588. The first-order chi connectivity index (χ1) is 9.78. The summed E-state index contributed by atoms with van der Waals surface area (Å²) >= 11 is 0. The van der Waals surface area contributed by atoms with Crippen molar-refractivity contribution < 1.29 is 9.53 Å². The molecule has 0 amide bonds. The molecule has 0 N–H and O–H groups in total. The second kappa shape index (κ2) is 5.47. The van der Waals surface area contributed by atoms with Crippen LogP contribution >= 0.6 is 0 Å². The van der Waals surface area contributed by atoms with E-state index >= 15 is 0 Å². The van der Waals surface area contributed by atoms with Crippen LogP contribution in [0, 0.1) is 5.41 Å². The molecule has 1 aliphatic carbocycles. The minimum Gasteiger partial charge on any atom is -0.469 e. The Bertz CT molecular complexity index is 469. The zero-order valence-electron chi connectivity index (χ0n) is 12.2. The van der Waals surface area contributed by atoms with Crippen molar-refractivity contribution in [2.75, 3.05) is 18.6 Å². The molecule has 0 aromatic heterocycles. The van der Waals surface area contributed by atoms with Crippen LogP contribution in [-0.4, -0.2) is 25.7 Å². The molecule has 2 aliphatic rings. The zero-order chi connectivity index (χ0) is 14.0. The van der Waals surface area contributed by atoms with Gasteiger partial charge in [0.15, 0.2) is 0 Å². The number of rotatable bonds is 2. The Kier molecular flexibility index (Phi) is 3.68. The minimum absolute atomic E-state index is 0.00262. The summed E-state index contributed by atoms with van der Waals surface area (Å²) in [6.07, 6.45) is 6.49. The number of ether oxygens (including phenoxy) is 1. The first kappa shape index (κ1) is 13.5. The van der Waals surface area contributed by atoms with Gasteiger partial charge in [-0.25, -0.2) is 0 Å². The molecule has 1 aromatic carbocycles. The second-order valence-electron chi connectivity index (χ2n) is 6.04. The number of hydrogen-bond acceptors (Lipinski definition) is 3. The molecular formula is C17H23NO2. The Balaban J connectivity index is 1.95. The highest BCUT2D eigenvalue weighted by molar-refractivity contribution is 5.79. The Morgan fingerprint density at radius 3 is 2.70 bits per heavy atom. The SMILES string of the molecule is COC(=O)[C@]12CCCC[C@@H]1N(c1ccccc1)CCC2. The Labute approximate surface area is 120 Å². The summed E-state index contributed by atoms with van der Waals surface area (Å²) in [6.45, 7) is 1.05. The lowest BCUT2D eigenvalue weighted by atomic mass is 9.65. The van der Waals surface area contributed by atoms with Gasteiger partial charge in [0, 0.05) is 18.3 Å². The van der Waals surface area contributed by atoms with Crippen LogP contribution < -0.4 is 4.90 Å². The van der Waals surface area contributed by atoms with Gasteiger partial charge in [-0.3, -0.25) is 4.79 Å². The van der Waals surface area contributed by atoms with Gasteiger partial charge in [0.1, 0.15) is 0 Å². The predicted molar refractivity (Wildman–Crippen MR) is 79.7 cm³/mol. The number of hydrogen-bond donors (Lipinski definition) is 0. The summed E-state index contributed by atoms with van der Waals surface area (Å²) in [6, 6.07) is 10.8. The maximum absolute atomic E-state index is 12.5. The molecule has 1 heterocycles. The number of carbonyl (C=O) groups is 1. The topological polar surface area (TPSA) is 29.5 Å². The summed E-state index contributed by atoms with van der Waals surface area (Å²) in [5.74, 6) is 0.00262. The van der Waals surface area contributed by atoms with Crippen LogP contribution in [0.4, 0.5) is 5.69 Å². The Hall–Kier alpha value is -1.51. The lowest BCUT2D eigenvalue weighted by molar-refractivity contribution is -0.158. The van der Waals surface area contributed by atoms with Crippen molar-refractivity contribution in [3.8, 4) is 0 Å². The van der Waals surface area contributed by atoms with E-state index in [9.17, 15) is 4.79 Å². The van der Waals surface area contributed by atoms with E-state index in [-0.39, 0.29) is 11.4 Å². The summed E-state index contributed by atoms with van der Waals surface area (Å²) in [7, 11) is 1.53. The summed E-state index contributed by atoms with van der Waals surface area (Å²) in [4.78, 5) is 14.9. The number of fused-ring (bicyclic) bond motifs is 1. The van der Waals surface area contributed by atoms with Crippen LogP contribution in [0.3, 0.4) is 0 Å². The quantitative estimate of drug-likeness (QED) is 0.774. The molecular weight excluding hydrogens is 250 g/mol. The highest BCUT2D eigenvalue weighted by Gasteiger charge is 2.52. The summed E-state index contributed by atoms with van der Waals surface area (Å²) in [5.41, 5.74) is 0.966. The van der Waals surface area contributed by atoms with E-state index in [1.54, 1.807) is 0 Å². The molecule has 1 saturated carbocycles. The van der Waals surface area contributed by atoms with Crippen LogP contribution in [-0.2, 0) is 9.53 Å². The molecule has 0 spiro atoms. The average molecular weight is 273 g/mol. The van der Waals surface area contributed by atoms with E-state index in [2.05, 4.69) is 29.2 Å². The molecule has 1 aromatic rings. The molecule has 2 atom stereocenters. The molecule has 3 nitrogen and oxygen atoms in total. The molecule has 108 valence electrons. The lowest BCUT2D eigenvalue weighted by Gasteiger charge is -2.51. The third-order valence-electron chi connectivity index (χ3n) is 5.07. The molecule has 2 fully saturated rings. The number of para-hydroxylation sites is 1. The van der Waals surface area contributed by atoms with Gasteiger partial charge in [-0.05, 0) is 37.8 Å². The zero-order valence-corrected chi connectivity index (χ0v) is 12.2.